The first-order valence-electron chi connectivity index (χ1n) is 8.79. The Hall–Kier alpha value is -3.14. The van der Waals surface area contributed by atoms with Crippen LogP contribution in [-0.4, -0.2) is 18.4 Å². The zero-order chi connectivity index (χ0) is 18.1. The molecule has 0 saturated heterocycles. The third-order valence-electron chi connectivity index (χ3n) is 4.87. The van der Waals surface area contributed by atoms with E-state index >= 15 is 0 Å². The molecule has 1 heterocycles. The number of nitrogens with zero attached hydrogens (tertiary/aromatic N) is 1. The maximum absolute atomic E-state index is 12.5. The van der Waals surface area contributed by atoms with Crippen LogP contribution >= 0.6 is 0 Å². The lowest BCUT2D eigenvalue weighted by Gasteiger charge is -2.15. The van der Waals surface area contributed by atoms with E-state index < -0.39 is 0 Å². The zero-order valence-electron chi connectivity index (χ0n) is 14.7. The topological polar surface area (TPSA) is 49.4 Å². The predicted octanol–water partition coefficient (Wildman–Crippen LogP) is 3.93. The summed E-state index contributed by atoms with van der Waals surface area (Å²) in [5.41, 5.74) is 3.84. The molecule has 0 aliphatic carbocycles. The van der Waals surface area contributed by atoms with Crippen LogP contribution in [0.15, 0.2) is 60.7 Å². The van der Waals surface area contributed by atoms with E-state index in [1.54, 1.807) is 11.8 Å². The highest BCUT2D eigenvalue weighted by molar-refractivity contribution is 5.97. The van der Waals surface area contributed by atoms with E-state index in [0.717, 1.165) is 39.7 Å². The van der Waals surface area contributed by atoms with Crippen molar-refractivity contribution in [3.8, 4) is 0 Å². The second-order valence-electron chi connectivity index (χ2n) is 6.63. The van der Waals surface area contributed by atoms with Crippen LogP contribution < -0.4 is 10.2 Å². The quantitative estimate of drug-likeness (QED) is 0.783. The second kappa shape index (κ2) is 6.64. The molecular formula is C22H20N2O2. The van der Waals surface area contributed by atoms with Gasteiger partial charge in [0.25, 0.3) is 0 Å². The lowest BCUT2D eigenvalue weighted by molar-refractivity contribution is -0.117. The Bertz CT molecular complexity index is 1000. The Balaban J connectivity index is 1.51. The largest absolute Gasteiger partial charge is 0.326 e. The predicted molar refractivity (Wildman–Crippen MR) is 104 cm³/mol. The van der Waals surface area contributed by atoms with Crippen LogP contribution in [0.25, 0.3) is 10.8 Å². The maximum Gasteiger partial charge on any atom is 0.228 e. The zero-order valence-corrected chi connectivity index (χ0v) is 14.7. The van der Waals surface area contributed by atoms with Crippen molar-refractivity contribution >= 4 is 34.0 Å². The maximum atomic E-state index is 12.5. The van der Waals surface area contributed by atoms with E-state index in [-0.39, 0.29) is 11.8 Å². The minimum atomic E-state index is -0.0391. The van der Waals surface area contributed by atoms with Gasteiger partial charge in [0, 0.05) is 24.8 Å². The van der Waals surface area contributed by atoms with Crippen molar-refractivity contribution in [2.24, 2.45) is 0 Å². The first-order chi connectivity index (χ1) is 12.6. The summed E-state index contributed by atoms with van der Waals surface area (Å²) in [5.74, 6) is 0.0132. The average molecular weight is 344 g/mol. The number of fused-ring (bicyclic) bond motifs is 2. The molecule has 2 amide bonds. The molecule has 0 unspecified atom stereocenters. The summed E-state index contributed by atoms with van der Waals surface area (Å²) in [5, 5.41) is 5.23. The number of carbonyl (C=O) groups is 2. The third kappa shape index (κ3) is 3.06. The number of nitrogens with one attached hydrogen (secondary N) is 1. The van der Waals surface area contributed by atoms with Crippen LogP contribution in [-0.2, 0) is 22.4 Å². The van der Waals surface area contributed by atoms with Gasteiger partial charge in [-0.1, -0.05) is 42.5 Å². The monoisotopic (exact) mass is 344 g/mol. The lowest BCUT2D eigenvalue weighted by Crippen LogP contribution is -2.25. The first-order valence-corrected chi connectivity index (χ1v) is 8.79. The lowest BCUT2D eigenvalue weighted by atomic mass is 10.0. The fraction of sp³-hybridized carbons (Fsp3) is 0.182. The molecule has 1 aliphatic heterocycles. The Morgan fingerprint density at radius 2 is 1.85 bits per heavy atom. The van der Waals surface area contributed by atoms with Gasteiger partial charge in [-0.05, 0) is 46.5 Å². The van der Waals surface area contributed by atoms with Crippen LogP contribution in [0.3, 0.4) is 0 Å². The number of benzene rings is 3. The number of anilines is 2. The van der Waals surface area contributed by atoms with Crippen molar-refractivity contribution in [3.05, 3.63) is 71.8 Å². The highest BCUT2D eigenvalue weighted by Gasteiger charge is 2.22. The van der Waals surface area contributed by atoms with E-state index in [4.69, 9.17) is 0 Å². The Morgan fingerprint density at radius 1 is 1.04 bits per heavy atom. The van der Waals surface area contributed by atoms with E-state index in [9.17, 15) is 9.59 Å². The van der Waals surface area contributed by atoms with Gasteiger partial charge in [0.05, 0.1) is 6.42 Å². The van der Waals surface area contributed by atoms with Gasteiger partial charge >= 0.3 is 0 Å². The average Bonchev–Trinajstić information content (AvgIpc) is 3.05. The van der Waals surface area contributed by atoms with E-state index in [1.165, 1.54) is 0 Å². The van der Waals surface area contributed by atoms with Gasteiger partial charge < -0.3 is 10.2 Å². The van der Waals surface area contributed by atoms with Gasteiger partial charge in [0.15, 0.2) is 0 Å². The van der Waals surface area contributed by atoms with Crippen molar-refractivity contribution in [3.63, 3.8) is 0 Å². The van der Waals surface area contributed by atoms with E-state index in [0.29, 0.717) is 13.0 Å². The molecule has 0 radical (unpaired) electrons. The molecule has 1 aliphatic rings. The summed E-state index contributed by atoms with van der Waals surface area (Å²) >= 11 is 0. The number of rotatable bonds is 3. The molecule has 0 spiro atoms. The van der Waals surface area contributed by atoms with Crippen LogP contribution in [0.2, 0.25) is 0 Å². The van der Waals surface area contributed by atoms with Crippen LogP contribution in [0.5, 0.6) is 0 Å². The highest BCUT2D eigenvalue weighted by atomic mass is 16.2. The summed E-state index contributed by atoms with van der Waals surface area (Å²) in [6, 6.07) is 19.9. The molecule has 0 saturated carbocycles. The first kappa shape index (κ1) is 16.3. The van der Waals surface area contributed by atoms with Crippen molar-refractivity contribution in [2.45, 2.75) is 19.8 Å². The van der Waals surface area contributed by atoms with Gasteiger partial charge in [0.1, 0.15) is 0 Å². The van der Waals surface area contributed by atoms with Gasteiger partial charge in [-0.25, -0.2) is 0 Å². The summed E-state index contributed by atoms with van der Waals surface area (Å²) in [4.78, 5) is 25.9. The summed E-state index contributed by atoms with van der Waals surface area (Å²) in [6.45, 7) is 2.28. The molecule has 4 nitrogen and oxygen atoms in total. The number of hydrogen-bond donors (Lipinski definition) is 1. The number of hydrogen-bond acceptors (Lipinski definition) is 2. The Labute approximate surface area is 152 Å². The van der Waals surface area contributed by atoms with Gasteiger partial charge in [-0.2, -0.15) is 0 Å². The molecule has 4 rings (SSSR count). The third-order valence-corrected chi connectivity index (χ3v) is 4.87. The standard InChI is InChI=1S/C22H20N2O2/c1-15(25)24-12-11-18-13-19(9-10-21(18)24)23-22(26)14-17-7-4-6-16-5-2-3-8-20(16)17/h2-10,13H,11-12,14H2,1H3,(H,23,26). The van der Waals surface area contributed by atoms with Crippen molar-refractivity contribution in [1.29, 1.82) is 0 Å². The SMILES string of the molecule is CC(=O)N1CCc2cc(NC(=O)Cc3cccc4ccccc34)ccc21. The molecule has 3 aromatic rings. The summed E-state index contributed by atoms with van der Waals surface area (Å²) in [6.07, 6.45) is 1.15. The van der Waals surface area contributed by atoms with Gasteiger partial charge in [0.2, 0.25) is 11.8 Å². The molecule has 0 atom stereocenters. The summed E-state index contributed by atoms with van der Waals surface area (Å²) < 4.78 is 0. The molecule has 0 aromatic heterocycles. The molecule has 26 heavy (non-hydrogen) atoms. The Kier molecular flexibility index (Phi) is 4.17. The minimum absolute atomic E-state index is 0.0391. The molecule has 4 heteroatoms. The van der Waals surface area contributed by atoms with Crippen molar-refractivity contribution in [1.82, 2.24) is 0 Å². The molecule has 3 aromatic carbocycles. The molecule has 0 fully saturated rings. The molecule has 130 valence electrons. The number of carbonyl (C=O) groups excluding carboxylic acids is 2. The minimum Gasteiger partial charge on any atom is -0.326 e. The van der Waals surface area contributed by atoms with Crippen LogP contribution in [0, 0.1) is 0 Å². The molecular weight excluding hydrogens is 324 g/mol. The molecule has 0 bridgehead atoms. The fourth-order valence-corrected chi connectivity index (χ4v) is 3.63. The van der Waals surface area contributed by atoms with Gasteiger partial charge in [-0.15, -0.1) is 0 Å². The number of amides is 2. The Morgan fingerprint density at radius 3 is 2.69 bits per heavy atom. The van der Waals surface area contributed by atoms with Crippen LogP contribution in [0.4, 0.5) is 11.4 Å². The van der Waals surface area contributed by atoms with E-state index in [1.807, 2.05) is 48.5 Å². The summed E-state index contributed by atoms with van der Waals surface area (Å²) in [7, 11) is 0. The van der Waals surface area contributed by atoms with Gasteiger partial charge in [-0.3, -0.25) is 9.59 Å². The van der Waals surface area contributed by atoms with Crippen molar-refractivity contribution < 1.29 is 9.59 Å². The highest BCUT2D eigenvalue weighted by Crippen LogP contribution is 2.30. The van der Waals surface area contributed by atoms with E-state index in [2.05, 4.69) is 17.4 Å². The smallest absolute Gasteiger partial charge is 0.228 e. The second-order valence-corrected chi connectivity index (χ2v) is 6.63. The normalized spacial score (nSPS) is 12.9. The fourth-order valence-electron chi connectivity index (χ4n) is 3.63. The van der Waals surface area contributed by atoms with Crippen LogP contribution in [0.1, 0.15) is 18.1 Å². The molecule has 1 N–H and O–H groups in total. The van der Waals surface area contributed by atoms with Crippen molar-refractivity contribution in [2.75, 3.05) is 16.8 Å².